The Hall–Kier alpha value is -3.08. The minimum absolute atomic E-state index is 0.0751. The number of rotatable bonds is 5. The van der Waals surface area contributed by atoms with Gasteiger partial charge in [-0.2, -0.15) is 14.1 Å². The van der Waals surface area contributed by atoms with Gasteiger partial charge in [0.05, 0.1) is 11.1 Å². The Morgan fingerprint density at radius 3 is 2.47 bits per heavy atom. The number of aromatic nitrogens is 2. The van der Waals surface area contributed by atoms with Gasteiger partial charge in [0.15, 0.2) is 0 Å². The van der Waals surface area contributed by atoms with Crippen molar-refractivity contribution in [2.75, 3.05) is 18.9 Å². The van der Waals surface area contributed by atoms with E-state index in [-0.39, 0.29) is 29.9 Å². The lowest BCUT2D eigenvalue weighted by molar-refractivity contribution is 0.0356. The molecule has 0 unspecified atom stereocenters. The van der Waals surface area contributed by atoms with Gasteiger partial charge in [-0.05, 0) is 56.7 Å². The number of ether oxygens (including phenoxy) is 1. The predicted molar refractivity (Wildman–Crippen MR) is 142 cm³/mol. The summed E-state index contributed by atoms with van der Waals surface area (Å²) in [5.41, 5.74) is 7.14. The molecule has 2 aromatic carbocycles. The molecule has 2 saturated heterocycles. The van der Waals surface area contributed by atoms with Crippen molar-refractivity contribution in [2.24, 2.45) is 0 Å². The van der Waals surface area contributed by atoms with Crippen LogP contribution >= 0.6 is 0 Å². The van der Waals surface area contributed by atoms with Crippen molar-refractivity contribution in [3.8, 4) is 0 Å². The first kappa shape index (κ1) is 26.5. The Kier molecular flexibility index (Phi) is 7.15. The average Bonchev–Trinajstić information content (AvgIpc) is 3.25. The summed E-state index contributed by atoms with van der Waals surface area (Å²) in [7, 11) is -3.71. The van der Waals surface area contributed by atoms with Crippen LogP contribution in [-0.2, 0) is 26.7 Å². The molecule has 5 rings (SSSR count). The van der Waals surface area contributed by atoms with E-state index in [9.17, 15) is 13.2 Å². The molecule has 38 heavy (non-hydrogen) atoms. The summed E-state index contributed by atoms with van der Waals surface area (Å²) >= 11 is 0. The SMILES string of the molecule is Cc1cc(N)n(C(=O)C2(c3ccc(CN4[C@@H](C)CC[C@H](c5ccccc5)S4(=O)=O)c(F)c3)CCOCC2)n1. The smallest absolute Gasteiger partial charge is 0.259 e. The van der Waals surface area contributed by atoms with Crippen molar-refractivity contribution in [1.82, 2.24) is 14.1 Å². The number of carbonyl (C=O) groups is 1. The lowest BCUT2D eigenvalue weighted by atomic mass is 9.73. The molecule has 2 N–H and O–H groups in total. The van der Waals surface area contributed by atoms with Crippen LogP contribution in [0.5, 0.6) is 0 Å². The zero-order valence-electron chi connectivity index (χ0n) is 21.6. The first-order chi connectivity index (χ1) is 18.1. The number of sulfonamides is 1. The zero-order chi connectivity index (χ0) is 27.1. The number of carbonyl (C=O) groups excluding carboxylic acids is 1. The van der Waals surface area contributed by atoms with E-state index in [1.54, 1.807) is 25.1 Å². The molecule has 3 aromatic rings. The number of nitrogens with two attached hydrogens (primary N) is 1. The summed E-state index contributed by atoms with van der Waals surface area (Å²) in [5.74, 6) is -0.640. The van der Waals surface area contributed by atoms with Crippen molar-refractivity contribution in [3.05, 3.63) is 82.8 Å². The van der Waals surface area contributed by atoms with E-state index < -0.39 is 26.5 Å². The maximum atomic E-state index is 15.7. The van der Waals surface area contributed by atoms with E-state index in [1.165, 1.54) is 15.1 Å². The van der Waals surface area contributed by atoms with Gasteiger partial charge >= 0.3 is 0 Å². The fraction of sp³-hybridized carbons (Fsp3) is 0.429. The van der Waals surface area contributed by atoms with Crippen LogP contribution in [0.3, 0.4) is 0 Å². The third-order valence-corrected chi connectivity index (χ3v) is 10.3. The molecule has 0 radical (unpaired) electrons. The molecular weight excluding hydrogens is 507 g/mol. The van der Waals surface area contributed by atoms with Gasteiger partial charge in [-0.3, -0.25) is 4.79 Å². The number of benzene rings is 2. The van der Waals surface area contributed by atoms with Crippen LogP contribution in [0.15, 0.2) is 54.6 Å². The van der Waals surface area contributed by atoms with Crippen molar-refractivity contribution in [3.63, 3.8) is 0 Å². The maximum absolute atomic E-state index is 15.7. The van der Waals surface area contributed by atoms with E-state index in [2.05, 4.69) is 5.10 Å². The predicted octanol–water partition coefficient (Wildman–Crippen LogP) is 4.36. The number of hydrogen-bond acceptors (Lipinski definition) is 6. The molecule has 202 valence electrons. The van der Waals surface area contributed by atoms with Gasteiger partial charge in [-0.15, -0.1) is 0 Å². The first-order valence-corrected chi connectivity index (χ1v) is 14.4. The molecule has 2 aliphatic rings. The van der Waals surface area contributed by atoms with Crippen molar-refractivity contribution in [1.29, 1.82) is 0 Å². The summed E-state index contributed by atoms with van der Waals surface area (Å²) in [6.45, 7) is 4.23. The van der Waals surface area contributed by atoms with Gasteiger partial charge in [0.2, 0.25) is 10.0 Å². The number of nitrogens with zero attached hydrogens (tertiary/aromatic N) is 3. The molecule has 2 atom stereocenters. The first-order valence-electron chi connectivity index (χ1n) is 12.9. The van der Waals surface area contributed by atoms with Crippen molar-refractivity contribution < 1.29 is 22.3 Å². The van der Waals surface area contributed by atoms with Crippen LogP contribution in [-0.4, -0.2) is 47.7 Å². The Morgan fingerprint density at radius 1 is 1.13 bits per heavy atom. The largest absolute Gasteiger partial charge is 0.383 e. The normalized spacial score (nSPS) is 23.2. The highest BCUT2D eigenvalue weighted by Gasteiger charge is 2.45. The highest BCUT2D eigenvalue weighted by atomic mass is 32.2. The van der Waals surface area contributed by atoms with E-state index in [1.807, 2.05) is 37.3 Å². The van der Waals surface area contributed by atoms with E-state index >= 15 is 4.39 Å². The van der Waals surface area contributed by atoms with Crippen LogP contribution in [0.25, 0.3) is 0 Å². The Morgan fingerprint density at radius 2 is 1.84 bits per heavy atom. The standard InChI is InChI=1S/C28H33FN4O4S/c1-19-16-26(30)33(31-19)27(34)28(12-14-37-15-13-28)23-10-9-22(24(29)17-23)18-32-20(2)8-11-25(38(32,35)36)21-6-4-3-5-7-21/h3-7,9-10,16-17,20,25H,8,11-15,18,30H2,1-2H3/t20-,25+/m0/s1. The third kappa shape index (κ3) is 4.65. The molecule has 0 amide bonds. The number of halogens is 1. The van der Waals surface area contributed by atoms with E-state index in [0.717, 1.165) is 5.56 Å². The summed E-state index contributed by atoms with van der Waals surface area (Å²) in [6, 6.07) is 15.2. The minimum atomic E-state index is -3.71. The molecule has 3 heterocycles. The Balaban J connectivity index is 1.46. The number of aryl methyl sites for hydroxylation is 1. The lowest BCUT2D eigenvalue weighted by Crippen LogP contribution is -2.45. The molecule has 0 saturated carbocycles. The van der Waals surface area contributed by atoms with Gasteiger partial charge in [0, 0.05) is 37.4 Å². The van der Waals surface area contributed by atoms with Crippen molar-refractivity contribution >= 4 is 21.7 Å². The summed E-state index contributed by atoms with van der Waals surface area (Å²) in [5, 5.41) is 3.60. The third-order valence-electron chi connectivity index (χ3n) is 7.94. The summed E-state index contributed by atoms with van der Waals surface area (Å²) < 4.78 is 51.0. The maximum Gasteiger partial charge on any atom is 0.259 e. The van der Waals surface area contributed by atoms with Gasteiger partial charge in [0.25, 0.3) is 5.91 Å². The number of anilines is 1. The zero-order valence-corrected chi connectivity index (χ0v) is 22.5. The van der Waals surface area contributed by atoms with Crippen LogP contribution in [0, 0.1) is 12.7 Å². The number of hydrogen-bond donors (Lipinski definition) is 1. The monoisotopic (exact) mass is 540 g/mol. The van der Waals surface area contributed by atoms with Gasteiger partial charge in [-0.1, -0.05) is 42.5 Å². The molecule has 0 bridgehead atoms. The Bertz CT molecular complexity index is 1430. The van der Waals surface area contributed by atoms with Gasteiger partial charge < -0.3 is 10.5 Å². The topological polar surface area (TPSA) is 108 Å². The van der Waals surface area contributed by atoms with Gasteiger partial charge in [0.1, 0.15) is 16.9 Å². The minimum Gasteiger partial charge on any atom is -0.383 e. The van der Waals surface area contributed by atoms with Crippen LogP contribution in [0.1, 0.15) is 65.0 Å². The fourth-order valence-corrected chi connectivity index (χ4v) is 7.91. The van der Waals surface area contributed by atoms with Gasteiger partial charge in [-0.25, -0.2) is 12.8 Å². The van der Waals surface area contributed by atoms with Crippen LogP contribution in [0.2, 0.25) is 0 Å². The fourth-order valence-electron chi connectivity index (χ4n) is 5.72. The highest BCUT2D eigenvalue weighted by Crippen LogP contribution is 2.40. The molecule has 2 fully saturated rings. The van der Waals surface area contributed by atoms with Crippen LogP contribution < -0.4 is 5.73 Å². The molecule has 10 heteroatoms. The molecular formula is C28H33FN4O4S. The van der Waals surface area contributed by atoms with E-state index in [0.29, 0.717) is 50.2 Å². The molecule has 1 aromatic heterocycles. The number of nitrogen functional groups attached to an aromatic ring is 1. The van der Waals surface area contributed by atoms with Crippen molar-refractivity contribution in [2.45, 2.75) is 62.8 Å². The molecule has 0 aliphatic carbocycles. The summed E-state index contributed by atoms with van der Waals surface area (Å²) in [6.07, 6.45) is 1.92. The second-order valence-corrected chi connectivity index (χ2v) is 12.4. The van der Waals surface area contributed by atoms with E-state index in [4.69, 9.17) is 10.5 Å². The Labute approximate surface area is 222 Å². The lowest BCUT2D eigenvalue weighted by Gasteiger charge is -2.38. The second-order valence-electron chi connectivity index (χ2n) is 10.3. The quantitative estimate of drug-likeness (QED) is 0.515. The van der Waals surface area contributed by atoms with Crippen LogP contribution in [0.4, 0.5) is 10.2 Å². The summed E-state index contributed by atoms with van der Waals surface area (Å²) in [4.78, 5) is 13.7. The molecule has 0 spiro atoms. The molecule has 8 nitrogen and oxygen atoms in total. The molecule has 2 aliphatic heterocycles. The second kappa shape index (κ2) is 10.2. The highest BCUT2D eigenvalue weighted by molar-refractivity contribution is 7.89. The average molecular weight is 541 g/mol.